The third-order valence-electron chi connectivity index (χ3n) is 5.93. The van der Waals surface area contributed by atoms with E-state index in [9.17, 15) is 23.3 Å². The number of esters is 1. The summed E-state index contributed by atoms with van der Waals surface area (Å²) in [7, 11) is 0. The van der Waals surface area contributed by atoms with Crippen LogP contribution in [0, 0.1) is 5.82 Å². The topological polar surface area (TPSA) is 96.0 Å². The second-order valence-electron chi connectivity index (χ2n) is 8.54. The molecule has 1 aliphatic heterocycles. The fraction of sp³-hybridized carbons (Fsp3) is 0.444. The Hall–Kier alpha value is -2.75. The number of nitrogens with zero attached hydrogens (tertiary/aromatic N) is 1. The first-order valence-electron chi connectivity index (χ1n) is 12.2. The number of ether oxygens (including phenoxy) is 2. The van der Waals surface area contributed by atoms with E-state index in [1.54, 1.807) is 36.1 Å². The standard InChI is InChI=1S/C27H32FNO6S/c1-2-35-27(32)22-9-7-20(8-10-22)19-36(33)26-18-25(31)29(26)15-17-34-16-5-3-4-6-24(30)21-11-13-23(28)14-12-21/h7-14,26H,2-6,15-19H2,1H3. The number of amides is 1. The zero-order chi connectivity index (χ0) is 25.9. The van der Waals surface area contributed by atoms with Crippen molar-refractivity contribution in [1.29, 1.82) is 0 Å². The maximum atomic E-state index is 12.9. The van der Waals surface area contributed by atoms with Crippen LogP contribution in [-0.2, 0) is 31.2 Å². The van der Waals surface area contributed by atoms with E-state index in [2.05, 4.69) is 0 Å². The maximum Gasteiger partial charge on any atom is 0.338 e. The molecule has 0 saturated carbocycles. The second kappa shape index (κ2) is 14.1. The molecule has 9 heteroatoms. The predicted molar refractivity (Wildman–Crippen MR) is 134 cm³/mol. The van der Waals surface area contributed by atoms with Crippen LogP contribution in [0.15, 0.2) is 48.5 Å². The first-order chi connectivity index (χ1) is 17.4. The molecule has 0 aliphatic carbocycles. The van der Waals surface area contributed by atoms with Gasteiger partial charge in [0.05, 0.1) is 25.2 Å². The Morgan fingerprint density at radius 2 is 1.72 bits per heavy atom. The highest BCUT2D eigenvalue weighted by molar-refractivity contribution is 7.91. The first kappa shape index (κ1) is 27.8. The number of hydrogen-bond donors (Lipinski definition) is 0. The quantitative estimate of drug-likeness (QED) is 0.115. The minimum atomic E-state index is -1.25. The molecule has 2 atom stereocenters. The van der Waals surface area contributed by atoms with Gasteiger partial charge in [0.1, 0.15) is 11.6 Å². The third-order valence-corrected chi connectivity index (χ3v) is 7.58. The van der Waals surface area contributed by atoms with Crippen LogP contribution in [0.5, 0.6) is 0 Å². The van der Waals surface area contributed by atoms with Crippen LogP contribution in [-0.4, -0.2) is 58.9 Å². The number of carbonyl (C=O) groups is 3. The molecule has 2 aromatic rings. The summed E-state index contributed by atoms with van der Waals surface area (Å²) in [6, 6.07) is 12.4. The minimum Gasteiger partial charge on any atom is -0.614 e. The van der Waals surface area contributed by atoms with E-state index in [0.717, 1.165) is 24.8 Å². The van der Waals surface area contributed by atoms with E-state index in [1.165, 1.54) is 24.3 Å². The molecule has 0 spiro atoms. The number of Topliss-reactive ketones (excluding diaryl/α,β-unsaturated/α-hetero) is 1. The lowest BCUT2D eigenvalue weighted by molar-refractivity contribution is -0.142. The number of ketones is 1. The molecule has 1 heterocycles. The molecule has 0 bridgehead atoms. The van der Waals surface area contributed by atoms with Crippen LogP contribution in [0.25, 0.3) is 0 Å². The summed E-state index contributed by atoms with van der Waals surface area (Å²) in [5, 5.41) is -0.330. The number of carbonyl (C=O) groups excluding carboxylic acids is 3. The van der Waals surface area contributed by atoms with E-state index in [0.29, 0.717) is 49.7 Å². The van der Waals surface area contributed by atoms with Gasteiger partial charge in [-0.1, -0.05) is 18.6 Å². The lowest BCUT2D eigenvalue weighted by atomic mass is 10.0. The summed E-state index contributed by atoms with van der Waals surface area (Å²) in [4.78, 5) is 37.4. The third kappa shape index (κ3) is 8.15. The molecule has 2 aromatic carbocycles. The van der Waals surface area contributed by atoms with Crippen molar-refractivity contribution in [3.63, 3.8) is 0 Å². The molecule has 36 heavy (non-hydrogen) atoms. The van der Waals surface area contributed by atoms with Gasteiger partial charge in [-0.15, -0.1) is 0 Å². The Morgan fingerprint density at radius 1 is 1.03 bits per heavy atom. The van der Waals surface area contributed by atoms with Crippen molar-refractivity contribution in [1.82, 2.24) is 4.90 Å². The molecule has 3 rings (SSSR count). The zero-order valence-electron chi connectivity index (χ0n) is 20.5. The van der Waals surface area contributed by atoms with Gasteiger partial charge in [0.15, 0.2) is 11.2 Å². The molecule has 1 amide bonds. The van der Waals surface area contributed by atoms with Crippen molar-refractivity contribution in [3.05, 3.63) is 71.0 Å². The van der Waals surface area contributed by atoms with Crippen LogP contribution in [0.2, 0.25) is 0 Å². The van der Waals surface area contributed by atoms with E-state index >= 15 is 0 Å². The van der Waals surface area contributed by atoms with Gasteiger partial charge >= 0.3 is 5.97 Å². The van der Waals surface area contributed by atoms with E-state index < -0.39 is 11.2 Å². The van der Waals surface area contributed by atoms with Crippen molar-refractivity contribution in [2.24, 2.45) is 0 Å². The number of hydrogen-bond acceptors (Lipinski definition) is 6. The molecule has 0 aromatic heterocycles. The highest BCUT2D eigenvalue weighted by Crippen LogP contribution is 2.27. The van der Waals surface area contributed by atoms with Gasteiger partial charge in [-0.3, -0.25) is 14.5 Å². The number of unbranched alkanes of at least 4 members (excludes halogenated alkanes) is 2. The fourth-order valence-electron chi connectivity index (χ4n) is 3.85. The number of halogens is 1. The van der Waals surface area contributed by atoms with Crippen LogP contribution < -0.4 is 0 Å². The van der Waals surface area contributed by atoms with Crippen molar-refractivity contribution in [2.75, 3.05) is 26.4 Å². The molecular formula is C27H32FNO6S. The fourth-order valence-corrected chi connectivity index (χ4v) is 5.40. The largest absolute Gasteiger partial charge is 0.614 e. The van der Waals surface area contributed by atoms with Gasteiger partial charge in [0.25, 0.3) is 0 Å². The molecule has 1 fully saturated rings. The summed E-state index contributed by atoms with van der Waals surface area (Å²) < 4.78 is 36.3. The Bertz CT molecular complexity index is 1010. The van der Waals surface area contributed by atoms with Gasteiger partial charge in [-0.25, -0.2) is 9.18 Å². The van der Waals surface area contributed by atoms with Gasteiger partial charge < -0.3 is 14.0 Å². The summed E-state index contributed by atoms with van der Waals surface area (Å²) in [5.41, 5.74) is 1.80. The lowest BCUT2D eigenvalue weighted by Crippen LogP contribution is -2.57. The smallest absolute Gasteiger partial charge is 0.338 e. The molecule has 2 unspecified atom stereocenters. The first-order valence-corrected chi connectivity index (χ1v) is 13.6. The molecule has 7 nitrogen and oxygen atoms in total. The molecular weight excluding hydrogens is 485 g/mol. The molecule has 1 aliphatic rings. The summed E-state index contributed by atoms with van der Waals surface area (Å²) in [6.45, 7) is 3.32. The molecule has 194 valence electrons. The Balaban J connectivity index is 1.29. The summed E-state index contributed by atoms with van der Waals surface area (Å²) in [6.07, 6.45) is 3.02. The lowest BCUT2D eigenvalue weighted by Gasteiger charge is -2.40. The van der Waals surface area contributed by atoms with Crippen molar-refractivity contribution in [2.45, 2.75) is 50.2 Å². The average molecular weight is 518 g/mol. The number of β-lactam (4-membered cyclic amide) rings is 1. The highest BCUT2D eigenvalue weighted by Gasteiger charge is 2.44. The molecule has 0 radical (unpaired) electrons. The van der Waals surface area contributed by atoms with Crippen LogP contribution in [0.1, 0.15) is 65.3 Å². The van der Waals surface area contributed by atoms with Gasteiger partial charge in [0, 0.05) is 30.7 Å². The van der Waals surface area contributed by atoms with Crippen LogP contribution >= 0.6 is 0 Å². The second-order valence-corrected chi connectivity index (χ2v) is 10.1. The maximum absolute atomic E-state index is 12.9. The van der Waals surface area contributed by atoms with Crippen molar-refractivity contribution in [3.8, 4) is 0 Å². The molecule has 0 N–H and O–H groups in total. The normalized spacial score (nSPS) is 15.9. The Kier molecular flexibility index (Phi) is 10.9. The Morgan fingerprint density at radius 3 is 2.39 bits per heavy atom. The van der Waals surface area contributed by atoms with Crippen molar-refractivity contribution >= 4 is 28.8 Å². The van der Waals surface area contributed by atoms with Crippen LogP contribution in [0.4, 0.5) is 4.39 Å². The van der Waals surface area contributed by atoms with E-state index in [-0.39, 0.29) is 35.3 Å². The van der Waals surface area contributed by atoms with Crippen molar-refractivity contribution < 1.29 is 32.8 Å². The number of likely N-dealkylation sites (tertiary alicyclic amines) is 1. The highest BCUT2D eigenvalue weighted by atomic mass is 32.2. The predicted octanol–water partition coefficient (Wildman–Crippen LogP) is 4.27. The van der Waals surface area contributed by atoms with Crippen LogP contribution in [0.3, 0.4) is 0 Å². The average Bonchev–Trinajstić information content (AvgIpc) is 2.87. The Labute approximate surface area is 214 Å². The molecule has 1 saturated heterocycles. The number of rotatable bonds is 15. The minimum absolute atomic E-state index is 0.00111. The van der Waals surface area contributed by atoms with Gasteiger partial charge in [-0.05, 0) is 67.3 Å². The van der Waals surface area contributed by atoms with Gasteiger partial charge in [0.2, 0.25) is 5.91 Å². The summed E-state index contributed by atoms with van der Waals surface area (Å²) >= 11 is -1.25. The monoisotopic (exact) mass is 517 g/mol. The number of benzene rings is 2. The van der Waals surface area contributed by atoms with Gasteiger partial charge in [-0.2, -0.15) is 0 Å². The zero-order valence-corrected chi connectivity index (χ0v) is 21.3. The van der Waals surface area contributed by atoms with E-state index in [1.807, 2.05) is 0 Å². The summed E-state index contributed by atoms with van der Waals surface area (Å²) in [5.74, 6) is -0.479. The van der Waals surface area contributed by atoms with E-state index in [4.69, 9.17) is 9.47 Å². The SMILES string of the molecule is CCOC(=O)c1ccc(C[S+]([O-])C2CC(=O)N2CCOCCCCCC(=O)c2ccc(F)cc2)cc1.